The van der Waals surface area contributed by atoms with E-state index < -0.39 is 0 Å². The molecule has 0 heterocycles. The number of hydrogen-bond donors (Lipinski definition) is 3. The molecule has 0 spiro atoms. The lowest BCUT2D eigenvalue weighted by atomic mass is 10.2. The van der Waals surface area contributed by atoms with Gasteiger partial charge < -0.3 is 25.4 Å². The Balaban J connectivity index is 1.69. The van der Waals surface area contributed by atoms with E-state index in [9.17, 15) is 4.79 Å². The summed E-state index contributed by atoms with van der Waals surface area (Å²) in [4.78, 5) is 16.2. The van der Waals surface area contributed by atoms with Gasteiger partial charge in [-0.1, -0.05) is 23.7 Å². The van der Waals surface area contributed by atoms with Crippen LogP contribution in [0.5, 0.6) is 11.5 Å². The summed E-state index contributed by atoms with van der Waals surface area (Å²) in [5.74, 6) is 1.86. The van der Waals surface area contributed by atoms with Gasteiger partial charge in [0, 0.05) is 30.7 Å². The van der Waals surface area contributed by atoms with E-state index >= 15 is 0 Å². The van der Waals surface area contributed by atoms with Crippen LogP contribution in [0.3, 0.4) is 0 Å². The molecule has 29 heavy (non-hydrogen) atoms. The van der Waals surface area contributed by atoms with Gasteiger partial charge in [-0.05, 0) is 43.3 Å². The number of ether oxygens (including phenoxy) is 2. The van der Waals surface area contributed by atoms with Gasteiger partial charge in [-0.15, -0.1) is 0 Å². The van der Waals surface area contributed by atoms with Crippen molar-refractivity contribution < 1.29 is 14.3 Å². The van der Waals surface area contributed by atoms with Crippen molar-refractivity contribution in [1.29, 1.82) is 0 Å². The van der Waals surface area contributed by atoms with Gasteiger partial charge in [0.15, 0.2) is 17.5 Å². The molecule has 0 fully saturated rings. The summed E-state index contributed by atoms with van der Waals surface area (Å²) < 4.78 is 11.2. The second-order valence-electron chi connectivity index (χ2n) is 6.22. The zero-order valence-electron chi connectivity index (χ0n) is 16.9. The highest BCUT2D eigenvalue weighted by Gasteiger charge is 2.09. The molecular formula is C21H27ClN4O3. The summed E-state index contributed by atoms with van der Waals surface area (Å²) in [6, 6.07) is 14.3. The number of carbonyl (C=O) groups excluding carboxylic acids is 1. The maximum absolute atomic E-state index is 12.1. The van der Waals surface area contributed by atoms with E-state index in [1.54, 1.807) is 38.4 Å². The van der Waals surface area contributed by atoms with Gasteiger partial charge in [-0.25, -0.2) is 0 Å². The molecule has 0 saturated heterocycles. The first-order valence-electron chi connectivity index (χ1n) is 9.31. The van der Waals surface area contributed by atoms with E-state index in [-0.39, 0.29) is 12.0 Å². The summed E-state index contributed by atoms with van der Waals surface area (Å²) >= 11 is 5.83. The van der Waals surface area contributed by atoms with Crippen molar-refractivity contribution in [1.82, 2.24) is 16.0 Å². The fourth-order valence-corrected chi connectivity index (χ4v) is 2.62. The van der Waals surface area contributed by atoms with Crippen LogP contribution in [-0.4, -0.2) is 51.8 Å². The van der Waals surface area contributed by atoms with E-state index in [1.165, 1.54) is 0 Å². The van der Waals surface area contributed by atoms with Crippen molar-refractivity contribution >= 4 is 23.5 Å². The number of carbonyl (C=O) groups is 1. The van der Waals surface area contributed by atoms with Gasteiger partial charge in [-0.3, -0.25) is 9.79 Å². The molecule has 2 rings (SSSR count). The van der Waals surface area contributed by atoms with Crippen LogP contribution in [0.1, 0.15) is 17.3 Å². The molecule has 0 aliphatic rings. The number of rotatable bonds is 9. The Morgan fingerprint density at radius 3 is 2.34 bits per heavy atom. The Hall–Kier alpha value is -2.93. The van der Waals surface area contributed by atoms with Gasteiger partial charge in [0.2, 0.25) is 0 Å². The lowest BCUT2D eigenvalue weighted by molar-refractivity contribution is 0.0954. The normalized spacial score (nSPS) is 12.1. The number of aliphatic imine (C=N–C) groups is 1. The van der Waals surface area contributed by atoms with Crippen LogP contribution >= 0.6 is 11.6 Å². The Morgan fingerprint density at radius 1 is 1.03 bits per heavy atom. The molecule has 3 N–H and O–H groups in total. The third kappa shape index (κ3) is 7.54. The predicted octanol–water partition coefficient (Wildman–Crippen LogP) is 2.71. The minimum Gasteiger partial charge on any atom is -0.493 e. The molecule has 0 aromatic heterocycles. The number of para-hydroxylation sites is 2. The predicted molar refractivity (Wildman–Crippen MR) is 116 cm³/mol. The third-order valence-electron chi connectivity index (χ3n) is 3.99. The minimum atomic E-state index is -0.148. The largest absolute Gasteiger partial charge is 0.493 e. The highest BCUT2D eigenvalue weighted by Crippen LogP contribution is 2.26. The summed E-state index contributed by atoms with van der Waals surface area (Å²) in [5, 5.41) is 9.79. The van der Waals surface area contributed by atoms with E-state index in [0.29, 0.717) is 47.7 Å². The van der Waals surface area contributed by atoms with Crippen LogP contribution < -0.4 is 25.4 Å². The first kappa shape index (κ1) is 22.4. The van der Waals surface area contributed by atoms with Crippen molar-refractivity contribution in [2.45, 2.75) is 13.0 Å². The standard InChI is InChI=1S/C21H27ClN4O3/c1-15(29-19-7-5-4-6-18(19)28-3)14-26-21(23-2)25-13-12-24-20(27)16-8-10-17(22)11-9-16/h4-11,15H,12-14H2,1-3H3,(H,24,27)(H2,23,25,26). The average Bonchev–Trinajstić information content (AvgIpc) is 2.74. The lowest BCUT2D eigenvalue weighted by Gasteiger charge is -2.19. The molecule has 2 aromatic rings. The first-order chi connectivity index (χ1) is 14.0. The molecule has 1 unspecified atom stereocenters. The van der Waals surface area contributed by atoms with E-state index in [1.807, 2.05) is 31.2 Å². The zero-order valence-corrected chi connectivity index (χ0v) is 17.6. The van der Waals surface area contributed by atoms with Crippen molar-refractivity contribution in [3.05, 3.63) is 59.1 Å². The van der Waals surface area contributed by atoms with Crippen LogP contribution in [0.15, 0.2) is 53.5 Å². The van der Waals surface area contributed by atoms with Gasteiger partial charge in [-0.2, -0.15) is 0 Å². The number of nitrogens with one attached hydrogen (secondary N) is 3. The number of halogens is 1. The molecule has 0 radical (unpaired) electrons. The summed E-state index contributed by atoms with van der Waals surface area (Å²) in [6.07, 6.45) is -0.102. The van der Waals surface area contributed by atoms with Crippen LogP contribution in [-0.2, 0) is 0 Å². The number of amides is 1. The molecule has 0 aliphatic carbocycles. The summed E-state index contributed by atoms with van der Waals surface area (Å²) in [6.45, 7) is 3.49. The number of nitrogens with zero attached hydrogens (tertiary/aromatic N) is 1. The van der Waals surface area contributed by atoms with E-state index in [0.717, 1.165) is 0 Å². The molecule has 8 heteroatoms. The molecule has 156 valence electrons. The Labute approximate surface area is 176 Å². The Morgan fingerprint density at radius 2 is 1.69 bits per heavy atom. The molecule has 0 saturated carbocycles. The van der Waals surface area contributed by atoms with Crippen molar-refractivity contribution in [3.8, 4) is 11.5 Å². The molecule has 7 nitrogen and oxygen atoms in total. The van der Waals surface area contributed by atoms with Gasteiger partial charge in [0.25, 0.3) is 5.91 Å². The topological polar surface area (TPSA) is 84.0 Å². The fraction of sp³-hybridized carbons (Fsp3) is 0.333. The van der Waals surface area contributed by atoms with Crippen LogP contribution in [0.4, 0.5) is 0 Å². The van der Waals surface area contributed by atoms with Crippen LogP contribution in [0.2, 0.25) is 5.02 Å². The van der Waals surface area contributed by atoms with Crippen molar-refractivity contribution in [2.75, 3.05) is 33.8 Å². The SMILES string of the molecule is CN=C(NCCNC(=O)c1ccc(Cl)cc1)NCC(C)Oc1ccccc1OC. The maximum atomic E-state index is 12.1. The first-order valence-corrected chi connectivity index (χ1v) is 9.69. The van der Waals surface area contributed by atoms with Gasteiger partial charge in [0.05, 0.1) is 13.7 Å². The van der Waals surface area contributed by atoms with Crippen molar-refractivity contribution in [3.63, 3.8) is 0 Å². The number of methoxy groups -OCH3 is 1. The average molecular weight is 419 g/mol. The monoisotopic (exact) mass is 418 g/mol. The quantitative estimate of drug-likeness (QED) is 0.331. The van der Waals surface area contributed by atoms with E-state index in [2.05, 4.69) is 20.9 Å². The Kier molecular flexibility index (Phi) is 9.11. The van der Waals surface area contributed by atoms with E-state index in [4.69, 9.17) is 21.1 Å². The molecule has 1 amide bonds. The molecular weight excluding hydrogens is 392 g/mol. The number of hydrogen-bond acceptors (Lipinski definition) is 4. The number of benzene rings is 2. The maximum Gasteiger partial charge on any atom is 0.251 e. The van der Waals surface area contributed by atoms with Crippen molar-refractivity contribution in [2.24, 2.45) is 4.99 Å². The molecule has 2 aromatic carbocycles. The molecule has 0 aliphatic heterocycles. The Bertz CT molecular complexity index is 812. The highest BCUT2D eigenvalue weighted by molar-refractivity contribution is 6.30. The smallest absolute Gasteiger partial charge is 0.251 e. The second kappa shape index (κ2) is 11.8. The fourth-order valence-electron chi connectivity index (χ4n) is 2.50. The van der Waals surface area contributed by atoms with Crippen LogP contribution in [0.25, 0.3) is 0 Å². The minimum absolute atomic E-state index is 0.102. The third-order valence-corrected chi connectivity index (χ3v) is 4.24. The van der Waals surface area contributed by atoms with Gasteiger partial charge in [0.1, 0.15) is 6.10 Å². The summed E-state index contributed by atoms with van der Waals surface area (Å²) in [5.41, 5.74) is 0.569. The molecule has 0 bridgehead atoms. The number of guanidine groups is 1. The highest BCUT2D eigenvalue weighted by atomic mass is 35.5. The summed E-state index contributed by atoms with van der Waals surface area (Å²) in [7, 11) is 3.30. The van der Waals surface area contributed by atoms with Gasteiger partial charge >= 0.3 is 0 Å². The lowest BCUT2D eigenvalue weighted by Crippen LogP contribution is -2.44. The zero-order chi connectivity index (χ0) is 21.1. The second-order valence-corrected chi connectivity index (χ2v) is 6.66. The van der Waals surface area contributed by atoms with Crippen LogP contribution in [0, 0.1) is 0 Å². The molecule has 1 atom stereocenters.